The predicted molar refractivity (Wildman–Crippen MR) is 89.7 cm³/mol. The maximum Gasteiger partial charge on any atom is 0.438 e. The largest absolute Gasteiger partial charge is 0.461 e. The molecule has 0 aliphatic heterocycles. The van der Waals surface area contributed by atoms with Gasteiger partial charge in [-0.15, -0.1) is 5.10 Å². The Hall–Kier alpha value is -2.31. The van der Waals surface area contributed by atoms with Crippen LogP contribution in [0, 0.1) is 17.8 Å². The average Bonchev–Trinajstić information content (AvgIpc) is 3.17. The van der Waals surface area contributed by atoms with Crippen LogP contribution in [-0.4, -0.2) is 21.9 Å². The molecule has 1 saturated carbocycles. The van der Waals surface area contributed by atoms with Gasteiger partial charge in [-0.05, 0) is 42.7 Å². The van der Waals surface area contributed by atoms with E-state index in [-0.39, 0.29) is 18.5 Å². The Bertz CT molecular complexity index is 759. The Morgan fingerprint density at radius 1 is 1.44 bits per heavy atom. The van der Waals surface area contributed by atoms with E-state index in [2.05, 4.69) is 25.9 Å². The van der Waals surface area contributed by atoms with Crippen molar-refractivity contribution in [3.05, 3.63) is 28.9 Å². The molecule has 0 N–H and O–H groups in total. The van der Waals surface area contributed by atoms with Gasteiger partial charge in [-0.1, -0.05) is 27.2 Å². The van der Waals surface area contributed by atoms with E-state index in [0.29, 0.717) is 23.5 Å². The zero-order chi connectivity index (χ0) is 18.0. The monoisotopic (exact) mass is 348 g/mol. The van der Waals surface area contributed by atoms with Gasteiger partial charge in [-0.2, -0.15) is 4.68 Å². The number of ether oxygens (including phenoxy) is 1. The Balaban J connectivity index is 1.67. The highest BCUT2D eigenvalue weighted by Gasteiger charge is 2.33. The first-order valence-corrected chi connectivity index (χ1v) is 8.75. The van der Waals surface area contributed by atoms with Crippen LogP contribution in [0.5, 0.6) is 0 Å². The summed E-state index contributed by atoms with van der Waals surface area (Å²) in [6, 6.07) is 3.30. The molecule has 1 fully saturated rings. The van der Waals surface area contributed by atoms with Gasteiger partial charge in [0.05, 0.1) is 6.26 Å². The van der Waals surface area contributed by atoms with Crippen LogP contribution in [0.25, 0.3) is 11.7 Å². The van der Waals surface area contributed by atoms with Crippen molar-refractivity contribution in [1.29, 1.82) is 0 Å². The second-order valence-corrected chi connectivity index (χ2v) is 7.16. The maximum atomic E-state index is 12.3. The summed E-state index contributed by atoms with van der Waals surface area (Å²) in [5.41, 5.74) is 0. The predicted octanol–water partition coefficient (Wildman–Crippen LogP) is 3.10. The second kappa shape index (κ2) is 7.29. The summed E-state index contributed by atoms with van der Waals surface area (Å²) in [5.74, 6) is 0.554. The van der Waals surface area contributed by atoms with Crippen molar-refractivity contribution in [2.75, 3.05) is 0 Å². The van der Waals surface area contributed by atoms with Crippen molar-refractivity contribution in [3.63, 3.8) is 0 Å². The molecule has 7 heteroatoms. The zero-order valence-corrected chi connectivity index (χ0v) is 14.8. The zero-order valence-electron chi connectivity index (χ0n) is 14.8. The summed E-state index contributed by atoms with van der Waals surface area (Å²) >= 11 is 0. The first-order chi connectivity index (χ1) is 11.9. The van der Waals surface area contributed by atoms with Gasteiger partial charge in [0.15, 0.2) is 5.76 Å². The lowest BCUT2D eigenvalue weighted by Gasteiger charge is -2.36. The van der Waals surface area contributed by atoms with Gasteiger partial charge in [0, 0.05) is 0 Å². The van der Waals surface area contributed by atoms with Crippen molar-refractivity contribution in [2.45, 2.75) is 52.7 Å². The molecule has 0 spiro atoms. The summed E-state index contributed by atoms with van der Waals surface area (Å²) in [6.07, 6.45) is 4.43. The summed E-state index contributed by atoms with van der Waals surface area (Å²) in [5, 5.41) is 4.00. The Labute approximate surface area is 146 Å². The van der Waals surface area contributed by atoms with Crippen LogP contribution in [-0.2, 0) is 16.1 Å². The smallest absolute Gasteiger partial charge is 0.438 e. The van der Waals surface area contributed by atoms with Gasteiger partial charge in [-0.3, -0.25) is 4.79 Å². The average molecular weight is 348 g/mol. The second-order valence-electron chi connectivity index (χ2n) is 7.16. The van der Waals surface area contributed by atoms with E-state index in [4.69, 9.17) is 13.6 Å². The van der Waals surface area contributed by atoms with E-state index in [9.17, 15) is 9.59 Å². The third-order valence-corrected chi connectivity index (χ3v) is 4.86. The number of esters is 1. The van der Waals surface area contributed by atoms with E-state index in [0.717, 1.165) is 23.9 Å². The lowest BCUT2D eigenvalue weighted by atomic mass is 9.75. The molecule has 3 atom stereocenters. The Morgan fingerprint density at radius 2 is 2.24 bits per heavy atom. The molecule has 2 aromatic rings. The molecule has 0 amide bonds. The van der Waals surface area contributed by atoms with E-state index in [1.54, 1.807) is 12.1 Å². The standard InChI is InChI=1S/C18H24N2O5/c1-11(2)13-7-6-12(3)9-15(13)24-16(21)10-20-18(22)25-17(19-20)14-5-4-8-23-14/h4-5,8,11-13,15H,6-7,9-10H2,1-3H3. The number of nitrogens with zero attached hydrogens (tertiary/aromatic N) is 2. The van der Waals surface area contributed by atoms with Gasteiger partial charge in [0.1, 0.15) is 12.6 Å². The Morgan fingerprint density at radius 3 is 2.92 bits per heavy atom. The number of carbonyl (C=O) groups is 1. The van der Waals surface area contributed by atoms with E-state index in [1.165, 1.54) is 6.26 Å². The highest BCUT2D eigenvalue weighted by Crippen LogP contribution is 2.35. The SMILES string of the molecule is CC1CCC(C(C)C)C(OC(=O)Cn2nc(-c3ccco3)oc2=O)C1. The van der Waals surface area contributed by atoms with Crippen molar-refractivity contribution < 1.29 is 18.4 Å². The summed E-state index contributed by atoms with van der Waals surface area (Å²) in [4.78, 5) is 24.2. The van der Waals surface area contributed by atoms with Crippen LogP contribution in [0.2, 0.25) is 0 Å². The number of carbonyl (C=O) groups excluding carboxylic acids is 1. The molecule has 0 bridgehead atoms. The maximum absolute atomic E-state index is 12.3. The van der Waals surface area contributed by atoms with Crippen molar-refractivity contribution in [3.8, 4) is 11.7 Å². The molecule has 2 aromatic heterocycles. The highest BCUT2D eigenvalue weighted by atomic mass is 16.5. The van der Waals surface area contributed by atoms with Crippen LogP contribution in [0.15, 0.2) is 32.0 Å². The summed E-state index contributed by atoms with van der Waals surface area (Å²) in [7, 11) is 0. The van der Waals surface area contributed by atoms with E-state index >= 15 is 0 Å². The minimum atomic E-state index is -0.708. The minimum Gasteiger partial charge on any atom is -0.461 e. The first kappa shape index (κ1) is 17.5. The lowest BCUT2D eigenvalue weighted by Crippen LogP contribution is -2.37. The summed E-state index contributed by atoms with van der Waals surface area (Å²) in [6.45, 7) is 6.21. The van der Waals surface area contributed by atoms with Gasteiger partial charge >= 0.3 is 11.7 Å². The molecule has 0 radical (unpaired) electrons. The fraction of sp³-hybridized carbons (Fsp3) is 0.611. The quantitative estimate of drug-likeness (QED) is 0.772. The number of hydrogen-bond donors (Lipinski definition) is 0. The van der Waals surface area contributed by atoms with Crippen molar-refractivity contribution in [1.82, 2.24) is 9.78 Å². The fourth-order valence-corrected chi connectivity index (χ4v) is 3.48. The van der Waals surface area contributed by atoms with Crippen molar-refractivity contribution in [2.24, 2.45) is 17.8 Å². The Kier molecular flexibility index (Phi) is 5.11. The molecule has 0 aromatic carbocycles. The first-order valence-electron chi connectivity index (χ1n) is 8.75. The fourth-order valence-electron chi connectivity index (χ4n) is 3.48. The van der Waals surface area contributed by atoms with Crippen LogP contribution >= 0.6 is 0 Å². The molecule has 136 valence electrons. The molecule has 25 heavy (non-hydrogen) atoms. The van der Waals surface area contributed by atoms with Crippen LogP contribution in [0.3, 0.4) is 0 Å². The minimum absolute atomic E-state index is 0.0501. The molecular formula is C18H24N2O5. The van der Waals surface area contributed by atoms with Gasteiger partial charge < -0.3 is 13.6 Å². The van der Waals surface area contributed by atoms with E-state index in [1.807, 2.05) is 0 Å². The molecule has 1 aliphatic carbocycles. The number of rotatable bonds is 5. The third kappa shape index (κ3) is 4.03. The van der Waals surface area contributed by atoms with Crippen molar-refractivity contribution >= 4 is 5.97 Å². The highest BCUT2D eigenvalue weighted by molar-refractivity contribution is 5.69. The molecule has 7 nitrogen and oxygen atoms in total. The molecular weight excluding hydrogens is 324 g/mol. The molecule has 3 unspecified atom stereocenters. The number of hydrogen-bond acceptors (Lipinski definition) is 6. The number of furan rings is 1. The van der Waals surface area contributed by atoms with Crippen LogP contribution < -0.4 is 5.76 Å². The van der Waals surface area contributed by atoms with Crippen LogP contribution in [0.4, 0.5) is 0 Å². The number of aromatic nitrogens is 2. The van der Waals surface area contributed by atoms with Gasteiger partial charge in [0.25, 0.3) is 5.89 Å². The summed E-state index contributed by atoms with van der Waals surface area (Å²) < 4.78 is 16.8. The molecule has 2 heterocycles. The van der Waals surface area contributed by atoms with Gasteiger partial charge in [0.2, 0.25) is 0 Å². The molecule has 0 saturated heterocycles. The van der Waals surface area contributed by atoms with E-state index < -0.39 is 11.7 Å². The normalized spacial score (nSPS) is 23.8. The lowest BCUT2D eigenvalue weighted by molar-refractivity contribution is -0.157. The van der Waals surface area contributed by atoms with Gasteiger partial charge in [-0.25, -0.2) is 4.79 Å². The molecule has 1 aliphatic rings. The molecule has 3 rings (SSSR count). The van der Waals surface area contributed by atoms with Crippen LogP contribution in [0.1, 0.15) is 40.0 Å². The topological polar surface area (TPSA) is 87.5 Å². The third-order valence-electron chi connectivity index (χ3n) is 4.86.